The fraction of sp³-hybridized carbons (Fsp3) is 0.286. The molecule has 0 bridgehead atoms. The Labute approximate surface area is 214 Å². The van der Waals surface area contributed by atoms with Crippen molar-refractivity contribution in [1.82, 2.24) is 25.2 Å². The molecule has 37 heavy (non-hydrogen) atoms. The Morgan fingerprint density at radius 2 is 1.81 bits per heavy atom. The highest BCUT2D eigenvalue weighted by Crippen LogP contribution is 2.26. The molecule has 1 fully saturated rings. The van der Waals surface area contributed by atoms with Crippen molar-refractivity contribution in [3.8, 4) is 0 Å². The van der Waals surface area contributed by atoms with E-state index in [0.29, 0.717) is 35.3 Å². The molecule has 1 aliphatic heterocycles. The van der Waals surface area contributed by atoms with Crippen molar-refractivity contribution in [3.05, 3.63) is 95.8 Å². The lowest BCUT2D eigenvalue weighted by atomic mass is 10.0. The second kappa shape index (κ2) is 11.3. The lowest BCUT2D eigenvalue weighted by Crippen LogP contribution is -2.46. The molecule has 0 unspecified atom stereocenters. The number of fused-ring (bicyclic) bond motifs is 1. The summed E-state index contributed by atoms with van der Waals surface area (Å²) in [6.45, 7) is 0.770. The van der Waals surface area contributed by atoms with E-state index >= 15 is 0 Å². The second-order valence-corrected chi connectivity index (χ2v) is 9.04. The topological polar surface area (TPSA) is 89.4 Å². The van der Waals surface area contributed by atoms with Crippen molar-refractivity contribution in [2.24, 2.45) is 0 Å². The van der Waals surface area contributed by atoms with Gasteiger partial charge in [-0.2, -0.15) is 0 Å². The van der Waals surface area contributed by atoms with E-state index < -0.39 is 11.9 Å². The van der Waals surface area contributed by atoms with Crippen molar-refractivity contribution in [1.29, 1.82) is 0 Å². The molecule has 8 nitrogen and oxygen atoms in total. The summed E-state index contributed by atoms with van der Waals surface area (Å²) in [6.07, 6.45) is 1.76. The minimum atomic E-state index is -0.982. The molecule has 190 valence electrons. The van der Waals surface area contributed by atoms with Gasteiger partial charge in [0, 0.05) is 25.3 Å². The van der Waals surface area contributed by atoms with E-state index in [1.807, 2.05) is 42.5 Å². The van der Waals surface area contributed by atoms with E-state index in [0.717, 1.165) is 12.8 Å². The summed E-state index contributed by atoms with van der Waals surface area (Å²) in [7, 11) is 0. The number of carbonyl (C=O) groups is 2. The van der Waals surface area contributed by atoms with Crippen LogP contribution < -0.4 is 5.32 Å². The maximum Gasteiger partial charge on any atom is 0.247 e. The van der Waals surface area contributed by atoms with Crippen LogP contribution in [-0.2, 0) is 27.4 Å². The fourth-order valence-electron chi connectivity index (χ4n) is 4.61. The van der Waals surface area contributed by atoms with Gasteiger partial charge < -0.3 is 15.0 Å². The Kier molecular flexibility index (Phi) is 7.51. The number of hydrogen-bond donors (Lipinski definition) is 1. The van der Waals surface area contributed by atoms with Gasteiger partial charge in [0.15, 0.2) is 0 Å². The van der Waals surface area contributed by atoms with Crippen LogP contribution in [-0.4, -0.2) is 51.0 Å². The van der Waals surface area contributed by atoms with Crippen LogP contribution in [0.15, 0.2) is 78.9 Å². The predicted octanol–water partition coefficient (Wildman–Crippen LogP) is 3.64. The third kappa shape index (κ3) is 5.67. The van der Waals surface area contributed by atoms with E-state index in [9.17, 15) is 14.0 Å². The lowest BCUT2D eigenvalue weighted by Gasteiger charge is -2.32. The first-order chi connectivity index (χ1) is 18.1. The number of nitrogens with zero attached hydrogens (tertiary/aromatic N) is 4. The number of nitrogens with one attached hydrogen (secondary N) is 1. The van der Waals surface area contributed by atoms with Crippen LogP contribution in [0.2, 0.25) is 0 Å². The zero-order chi connectivity index (χ0) is 25.6. The van der Waals surface area contributed by atoms with Crippen molar-refractivity contribution < 1.29 is 18.7 Å². The van der Waals surface area contributed by atoms with Gasteiger partial charge in [-0.15, -0.1) is 5.10 Å². The monoisotopic (exact) mass is 501 g/mol. The molecule has 1 saturated heterocycles. The number of benzene rings is 3. The van der Waals surface area contributed by atoms with Crippen LogP contribution >= 0.6 is 0 Å². The molecule has 5 rings (SSSR count). The van der Waals surface area contributed by atoms with Crippen LogP contribution in [0.1, 0.15) is 30.0 Å². The molecular weight excluding hydrogens is 473 g/mol. The smallest absolute Gasteiger partial charge is 0.247 e. The Balaban J connectivity index is 1.49. The number of para-hydroxylation sites is 1. The van der Waals surface area contributed by atoms with Crippen molar-refractivity contribution >= 4 is 22.8 Å². The standard InChI is InChI=1S/C28H28FN5O3/c29-23-13-5-4-11-21(23)18-33(26(35)19-34-25-15-7-6-14-24(25)31-32-34)27(20-9-2-1-3-10-20)28(36)30-17-22-12-8-16-37-22/h1-7,9-11,13-15,22,27H,8,12,16-19H2,(H,30,36)/t22-,27+/m1/s1. The van der Waals surface area contributed by atoms with Gasteiger partial charge in [-0.1, -0.05) is 65.9 Å². The van der Waals surface area contributed by atoms with Gasteiger partial charge in [0.05, 0.1) is 11.6 Å². The molecule has 0 radical (unpaired) electrons. The van der Waals surface area contributed by atoms with Gasteiger partial charge in [0.1, 0.15) is 23.9 Å². The molecule has 3 aromatic carbocycles. The number of amides is 2. The van der Waals surface area contributed by atoms with Crippen molar-refractivity contribution in [3.63, 3.8) is 0 Å². The molecule has 1 N–H and O–H groups in total. The third-order valence-electron chi connectivity index (χ3n) is 6.53. The number of aromatic nitrogens is 3. The number of rotatable bonds is 9. The van der Waals surface area contributed by atoms with E-state index in [-0.39, 0.29) is 31.0 Å². The Bertz CT molecular complexity index is 1370. The number of halogens is 1. The maximum atomic E-state index is 14.7. The van der Waals surface area contributed by atoms with Gasteiger partial charge >= 0.3 is 0 Å². The molecule has 1 aromatic heterocycles. The average molecular weight is 502 g/mol. The van der Waals surface area contributed by atoms with E-state index in [2.05, 4.69) is 15.6 Å². The van der Waals surface area contributed by atoms with Crippen molar-refractivity contribution in [2.45, 2.75) is 38.1 Å². The SMILES string of the molecule is O=C(NC[C@H]1CCCO1)[C@H](c1ccccc1)N(Cc1ccccc1F)C(=O)Cn1nnc2ccccc21. The highest BCUT2D eigenvalue weighted by molar-refractivity contribution is 5.89. The van der Waals surface area contributed by atoms with Gasteiger partial charge in [0.2, 0.25) is 11.8 Å². The minimum Gasteiger partial charge on any atom is -0.376 e. The number of hydrogen-bond acceptors (Lipinski definition) is 5. The maximum absolute atomic E-state index is 14.7. The van der Waals surface area contributed by atoms with Gasteiger partial charge in [-0.05, 0) is 36.6 Å². The normalized spacial score (nSPS) is 16.0. The minimum absolute atomic E-state index is 0.0578. The largest absolute Gasteiger partial charge is 0.376 e. The molecule has 0 saturated carbocycles. The molecule has 1 aliphatic rings. The van der Waals surface area contributed by atoms with Crippen molar-refractivity contribution in [2.75, 3.05) is 13.2 Å². The molecule has 2 atom stereocenters. The molecule has 9 heteroatoms. The first-order valence-electron chi connectivity index (χ1n) is 12.4. The van der Waals surface area contributed by atoms with Crippen LogP contribution in [0, 0.1) is 5.82 Å². The van der Waals surface area contributed by atoms with E-state index in [4.69, 9.17) is 4.74 Å². The Morgan fingerprint density at radius 1 is 1.05 bits per heavy atom. The molecule has 4 aromatic rings. The van der Waals surface area contributed by atoms with E-state index in [1.54, 1.807) is 30.3 Å². The molecule has 2 amide bonds. The highest BCUT2D eigenvalue weighted by atomic mass is 19.1. The number of ether oxygens (including phenoxy) is 1. The third-order valence-corrected chi connectivity index (χ3v) is 6.53. The first kappa shape index (κ1) is 24.6. The summed E-state index contributed by atoms with van der Waals surface area (Å²) in [5, 5.41) is 11.2. The van der Waals surface area contributed by atoms with Gasteiger partial charge in [-0.25, -0.2) is 9.07 Å². The number of carbonyl (C=O) groups excluding carboxylic acids is 2. The molecule has 0 spiro atoms. The summed E-state index contributed by atoms with van der Waals surface area (Å²) < 4.78 is 21.9. The summed E-state index contributed by atoms with van der Waals surface area (Å²) in [5.41, 5.74) is 2.29. The molecule has 0 aliphatic carbocycles. The van der Waals surface area contributed by atoms with Crippen LogP contribution in [0.5, 0.6) is 0 Å². The van der Waals surface area contributed by atoms with Crippen LogP contribution in [0.4, 0.5) is 4.39 Å². The van der Waals surface area contributed by atoms with Gasteiger partial charge in [-0.3, -0.25) is 9.59 Å². The predicted molar refractivity (Wildman–Crippen MR) is 136 cm³/mol. The lowest BCUT2D eigenvalue weighted by molar-refractivity contribution is -0.142. The van der Waals surface area contributed by atoms with Gasteiger partial charge in [0.25, 0.3) is 0 Å². The second-order valence-electron chi connectivity index (χ2n) is 9.04. The van der Waals surface area contributed by atoms with Crippen LogP contribution in [0.3, 0.4) is 0 Å². The Morgan fingerprint density at radius 3 is 2.59 bits per heavy atom. The van der Waals surface area contributed by atoms with E-state index in [1.165, 1.54) is 15.6 Å². The summed E-state index contributed by atoms with van der Waals surface area (Å²) in [5.74, 6) is -1.19. The highest BCUT2D eigenvalue weighted by Gasteiger charge is 2.33. The summed E-state index contributed by atoms with van der Waals surface area (Å²) >= 11 is 0. The Hall–Kier alpha value is -4.11. The molecular formula is C28H28FN5O3. The first-order valence-corrected chi connectivity index (χ1v) is 12.4. The van der Waals surface area contributed by atoms with Crippen LogP contribution in [0.25, 0.3) is 11.0 Å². The summed E-state index contributed by atoms with van der Waals surface area (Å²) in [4.78, 5) is 28.9. The quantitative estimate of drug-likeness (QED) is 0.378. The zero-order valence-electron chi connectivity index (χ0n) is 20.3. The fourth-order valence-corrected chi connectivity index (χ4v) is 4.61. The average Bonchev–Trinajstić information content (AvgIpc) is 3.59. The summed E-state index contributed by atoms with van der Waals surface area (Å²) in [6, 6.07) is 21.7. The molecule has 2 heterocycles. The zero-order valence-corrected chi connectivity index (χ0v) is 20.3.